The average Bonchev–Trinajstić information content (AvgIpc) is 2.36. The predicted molar refractivity (Wildman–Crippen MR) is 72.5 cm³/mol. The molecule has 0 spiro atoms. The molecule has 1 aliphatic heterocycles. The van der Waals surface area contributed by atoms with E-state index in [9.17, 15) is 4.21 Å². The van der Waals surface area contributed by atoms with Crippen LogP contribution in [0, 0.1) is 0 Å². The van der Waals surface area contributed by atoms with Crippen LogP contribution in [0.4, 0.5) is 5.69 Å². The number of rotatable bonds is 0. The molecule has 1 aromatic carbocycles. The van der Waals surface area contributed by atoms with Crippen LogP contribution in [0.1, 0.15) is 31.9 Å². The fourth-order valence-electron chi connectivity index (χ4n) is 1.96. The van der Waals surface area contributed by atoms with Crippen molar-refractivity contribution in [1.82, 2.24) is 0 Å². The van der Waals surface area contributed by atoms with E-state index < -0.39 is 9.71 Å². The molecule has 0 saturated carbocycles. The lowest BCUT2D eigenvalue weighted by Crippen LogP contribution is -2.21. The van der Waals surface area contributed by atoms with E-state index in [1.165, 1.54) is 5.56 Å². The summed E-state index contributed by atoms with van der Waals surface area (Å²) in [4.78, 5) is 0. The zero-order valence-corrected chi connectivity index (χ0v) is 11.2. The highest BCUT2D eigenvalue weighted by molar-refractivity contribution is 8.01. The second-order valence-corrected chi connectivity index (χ2v) is 7.89. The molecule has 88 valence electrons. The first-order chi connectivity index (χ1) is 7.22. The van der Waals surface area contributed by atoms with Gasteiger partial charge in [-0.25, -0.2) is 4.21 Å². The van der Waals surface area contributed by atoms with Crippen LogP contribution in [0.2, 0.25) is 0 Å². The van der Waals surface area contributed by atoms with Crippen LogP contribution in [-0.2, 0) is 20.9 Å². The number of fused-ring (bicyclic) bond motifs is 1. The summed E-state index contributed by atoms with van der Waals surface area (Å²) in [7, 11) is -0.244. The van der Waals surface area contributed by atoms with E-state index in [4.69, 9.17) is 0 Å². The molecule has 1 aromatic rings. The van der Waals surface area contributed by atoms with Crippen LogP contribution in [-0.4, -0.2) is 17.1 Å². The molecule has 0 saturated heterocycles. The molecular formula is C13H19NOS. The summed E-state index contributed by atoms with van der Waals surface area (Å²) in [6, 6.07) is 6.37. The third kappa shape index (κ3) is 1.73. The van der Waals surface area contributed by atoms with E-state index >= 15 is 0 Å². The third-order valence-electron chi connectivity index (χ3n) is 3.17. The Kier molecular flexibility index (Phi) is 2.35. The molecule has 1 heterocycles. The van der Waals surface area contributed by atoms with Gasteiger partial charge in [-0.15, -0.1) is 0 Å². The van der Waals surface area contributed by atoms with Gasteiger partial charge in [0.05, 0.1) is 21.1 Å². The highest BCUT2D eigenvalue weighted by Crippen LogP contribution is 2.35. The first-order valence-electron chi connectivity index (χ1n) is 5.44. The van der Waals surface area contributed by atoms with Crippen molar-refractivity contribution >= 4 is 21.3 Å². The van der Waals surface area contributed by atoms with E-state index in [2.05, 4.69) is 44.8 Å². The zero-order chi connectivity index (χ0) is 12.1. The molecule has 1 unspecified atom stereocenters. The monoisotopic (exact) mass is 237 g/mol. The molecule has 3 heteroatoms. The Morgan fingerprint density at radius 1 is 1.38 bits per heavy atom. The van der Waals surface area contributed by atoms with Gasteiger partial charge in [-0.05, 0) is 28.5 Å². The van der Waals surface area contributed by atoms with Crippen LogP contribution in [0.25, 0.3) is 0 Å². The summed E-state index contributed by atoms with van der Waals surface area (Å²) in [5, 5.41) is 0. The Morgan fingerprint density at radius 2 is 2.00 bits per heavy atom. The van der Waals surface area contributed by atoms with Gasteiger partial charge in [0.1, 0.15) is 0 Å². The molecule has 0 N–H and O–H groups in total. The molecule has 0 fully saturated rings. The van der Waals surface area contributed by atoms with Crippen LogP contribution in [0.5, 0.6) is 0 Å². The maximum Gasteiger partial charge on any atom is 0.0609 e. The highest BCUT2D eigenvalue weighted by Gasteiger charge is 2.26. The summed E-state index contributed by atoms with van der Waals surface area (Å²) in [5.41, 5.74) is 3.62. The second kappa shape index (κ2) is 3.27. The van der Waals surface area contributed by atoms with Gasteiger partial charge in [-0.2, -0.15) is 0 Å². The molecule has 1 atom stereocenters. The van der Waals surface area contributed by atoms with Crippen LogP contribution in [0.15, 0.2) is 18.2 Å². The first kappa shape index (κ1) is 11.5. The second-order valence-electron chi connectivity index (χ2n) is 5.51. The van der Waals surface area contributed by atoms with Gasteiger partial charge < -0.3 is 4.31 Å². The lowest BCUT2D eigenvalue weighted by molar-refractivity contribution is 0.590. The van der Waals surface area contributed by atoms with Crippen molar-refractivity contribution in [3.8, 4) is 0 Å². The summed E-state index contributed by atoms with van der Waals surface area (Å²) < 4.78 is 14.0. The van der Waals surface area contributed by atoms with E-state index in [1.807, 2.05) is 11.4 Å². The smallest absolute Gasteiger partial charge is 0.0609 e. The fraction of sp³-hybridized carbons (Fsp3) is 0.462. The van der Waals surface area contributed by atoms with Crippen LogP contribution >= 0.6 is 0 Å². The molecular weight excluding hydrogens is 218 g/mol. The Hall–Kier alpha value is -0.960. The lowest BCUT2D eigenvalue weighted by atomic mass is 9.86. The van der Waals surface area contributed by atoms with Crippen molar-refractivity contribution in [1.29, 1.82) is 0 Å². The van der Waals surface area contributed by atoms with Crippen molar-refractivity contribution in [2.45, 2.75) is 31.9 Å². The molecule has 0 bridgehead atoms. The molecule has 2 nitrogen and oxygen atoms in total. The maximum absolute atomic E-state index is 12.1. The van der Waals surface area contributed by atoms with Gasteiger partial charge in [0.25, 0.3) is 0 Å². The van der Waals surface area contributed by atoms with Gasteiger partial charge in [0, 0.05) is 7.05 Å². The number of nitrogens with zero attached hydrogens (tertiary/aromatic N) is 1. The van der Waals surface area contributed by atoms with Gasteiger partial charge in [-0.3, -0.25) is 0 Å². The quantitative estimate of drug-likeness (QED) is 0.635. The van der Waals surface area contributed by atoms with Gasteiger partial charge in [0.15, 0.2) is 0 Å². The molecule has 0 amide bonds. The topological polar surface area (TPSA) is 20.3 Å². The largest absolute Gasteiger partial charge is 0.302 e. The van der Waals surface area contributed by atoms with Gasteiger partial charge >= 0.3 is 0 Å². The van der Waals surface area contributed by atoms with Crippen molar-refractivity contribution in [2.24, 2.45) is 0 Å². The summed E-state index contributed by atoms with van der Waals surface area (Å²) in [6.45, 7) is 6.56. The summed E-state index contributed by atoms with van der Waals surface area (Å²) in [6.07, 6.45) is 0. The van der Waals surface area contributed by atoms with Crippen LogP contribution < -0.4 is 4.31 Å². The Balaban J connectivity index is 2.56. The molecule has 1 aliphatic rings. The minimum Gasteiger partial charge on any atom is -0.302 e. The molecule has 0 aromatic heterocycles. The molecule has 16 heavy (non-hydrogen) atoms. The normalized spacial score (nSPS) is 24.6. The Morgan fingerprint density at radius 3 is 2.56 bits per heavy atom. The molecule has 0 radical (unpaired) electrons. The SMILES string of the molecule is C=S1(=O)Cc2ccc(C(C)(C)C)cc2N1C. The van der Waals surface area contributed by atoms with E-state index in [0.717, 1.165) is 11.3 Å². The van der Waals surface area contributed by atoms with Crippen molar-refractivity contribution in [3.05, 3.63) is 29.3 Å². The molecule has 0 aliphatic carbocycles. The number of benzene rings is 1. The van der Waals surface area contributed by atoms with E-state index in [-0.39, 0.29) is 5.41 Å². The third-order valence-corrected chi connectivity index (χ3v) is 5.13. The highest BCUT2D eigenvalue weighted by atomic mass is 32.2. The number of anilines is 1. The number of hydrogen-bond donors (Lipinski definition) is 0. The Bertz CT molecular complexity index is 523. The van der Waals surface area contributed by atoms with Crippen molar-refractivity contribution in [3.63, 3.8) is 0 Å². The minimum absolute atomic E-state index is 0.126. The summed E-state index contributed by atoms with van der Waals surface area (Å²) >= 11 is 0. The van der Waals surface area contributed by atoms with Gasteiger partial charge in [0.2, 0.25) is 0 Å². The van der Waals surface area contributed by atoms with Crippen molar-refractivity contribution < 1.29 is 4.21 Å². The van der Waals surface area contributed by atoms with Crippen molar-refractivity contribution in [2.75, 3.05) is 11.4 Å². The summed E-state index contributed by atoms with van der Waals surface area (Å²) in [5.74, 6) is 4.38. The van der Waals surface area contributed by atoms with E-state index in [0.29, 0.717) is 5.75 Å². The lowest BCUT2D eigenvalue weighted by Gasteiger charge is -2.21. The molecule has 2 rings (SSSR count). The zero-order valence-electron chi connectivity index (χ0n) is 10.4. The Labute approximate surface area is 98.4 Å². The van der Waals surface area contributed by atoms with E-state index in [1.54, 1.807) is 0 Å². The minimum atomic E-state index is -2.11. The maximum atomic E-state index is 12.1. The van der Waals surface area contributed by atoms with Crippen LogP contribution in [0.3, 0.4) is 0 Å². The average molecular weight is 237 g/mol. The predicted octanol–water partition coefficient (Wildman–Crippen LogP) is 2.57. The number of hydrogen-bond acceptors (Lipinski definition) is 1. The van der Waals surface area contributed by atoms with Gasteiger partial charge in [-0.1, -0.05) is 32.9 Å². The first-order valence-corrected chi connectivity index (χ1v) is 7.29. The fourth-order valence-corrected chi connectivity index (χ4v) is 3.42. The standard InChI is InChI=1S/C13H19NOS/c1-13(2,3)11-7-6-10-9-16(5,15)14(4)12(10)8-11/h6-8H,5,9H2,1-4H3.